The maximum atomic E-state index is 10.9. The highest BCUT2D eigenvalue weighted by atomic mass is 16.2. The van der Waals surface area contributed by atoms with E-state index >= 15 is 0 Å². The van der Waals surface area contributed by atoms with Crippen LogP contribution in [0.4, 0.5) is 5.82 Å². The van der Waals surface area contributed by atoms with Gasteiger partial charge in [-0.2, -0.15) is 9.66 Å². The molecule has 0 amide bonds. The van der Waals surface area contributed by atoms with Crippen molar-refractivity contribution in [3.63, 3.8) is 0 Å². The first kappa shape index (κ1) is 7.55. The van der Waals surface area contributed by atoms with Crippen molar-refractivity contribution in [2.24, 2.45) is 5.84 Å². The molecule has 0 aromatic carbocycles. The molecule has 11 heavy (non-hydrogen) atoms. The molecular weight excluding hydrogens is 146 g/mol. The summed E-state index contributed by atoms with van der Waals surface area (Å²) in [6, 6.07) is 1.49. The molecule has 0 unspecified atom stereocenters. The summed E-state index contributed by atoms with van der Waals surface area (Å²) < 4.78 is 1.14. The third-order valence-corrected chi connectivity index (χ3v) is 1.15. The Kier molecular flexibility index (Phi) is 1.77. The van der Waals surface area contributed by atoms with Crippen LogP contribution in [0.25, 0.3) is 0 Å². The first-order valence-corrected chi connectivity index (χ1v) is 2.95. The van der Waals surface area contributed by atoms with Gasteiger partial charge in [0.25, 0.3) is 0 Å². The molecular formula is C5H9N5O. The quantitative estimate of drug-likeness (QED) is 0.371. The van der Waals surface area contributed by atoms with Crippen LogP contribution in [0.5, 0.6) is 0 Å². The Morgan fingerprint density at radius 3 is 2.82 bits per heavy atom. The number of hydrogen-bond donors (Lipinski definition) is 2. The minimum Gasteiger partial charge on any atom is -0.383 e. The van der Waals surface area contributed by atoms with E-state index in [0.29, 0.717) is 0 Å². The lowest BCUT2D eigenvalue weighted by Crippen LogP contribution is -2.44. The van der Waals surface area contributed by atoms with Crippen LogP contribution < -0.4 is 22.4 Å². The second kappa shape index (κ2) is 2.59. The van der Waals surface area contributed by atoms with E-state index in [1.165, 1.54) is 19.3 Å². The Bertz CT molecular complexity index is 304. The smallest absolute Gasteiger partial charge is 0.369 e. The molecule has 6 heteroatoms. The molecule has 1 aromatic heterocycles. The first-order chi connectivity index (χ1) is 5.11. The maximum absolute atomic E-state index is 10.9. The van der Waals surface area contributed by atoms with E-state index in [4.69, 9.17) is 11.6 Å². The van der Waals surface area contributed by atoms with Crippen molar-refractivity contribution < 1.29 is 0 Å². The Morgan fingerprint density at radius 1 is 1.73 bits per heavy atom. The van der Waals surface area contributed by atoms with Crippen LogP contribution >= 0.6 is 0 Å². The van der Waals surface area contributed by atoms with Gasteiger partial charge < -0.3 is 5.73 Å². The molecule has 1 heterocycles. The van der Waals surface area contributed by atoms with Crippen molar-refractivity contribution in [2.75, 3.05) is 17.9 Å². The minimum absolute atomic E-state index is 0.188. The Balaban J connectivity index is 3.21. The third kappa shape index (κ3) is 1.47. The van der Waals surface area contributed by atoms with Gasteiger partial charge in [-0.25, -0.2) is 15.8 Å². The lowest BCUT2D eigenvalue weighted by Gasteiger charge is -2.13. The molecule has 6 nitrogen and oxygen atoms in total. The zero-order chi connectivity index (χ0) is 8.43. The number of nitrogens with two attached hydrogens (primary N) is 2. The summed E-state index contributed by atoms with van der Waals surface area (Å²) in [5.41, 5.74) is 4.75. The molecule has 0 bridgehead atoms. The first-order valence-electron chi connectivity index (χ1n) is 2.95. The normalized spacial score (nSPS) is 9.64. The predicted molar refractivity (Wildman–Crippen MR) is 41.2 cm³/mol. The number of anilines is 1. The molecule has 0 radical (unpaired) electrons. The summed E-state index contributed by atoms with van der Waals surface area (Å²) in [5.74, 6) is 5.47. The molecule has 0 atom stereocenters. The maximum Gasteiger partial charge on any atom is 0.369 e. The molecule has 0 aliphatic heterocycles. The monoisotopic (exact) mass is 155 g/mol. The van der Waals surface area contributed by atoms with Crippen molar-refractivity contribution in [2.45, 2.75) is 0 Å². The van der Waals surface area contributed by atoms with E-state index in [-0.39, 0.29) is 5.82 Å². The van der Waals surface area contributed by atoms with E-state index < -0.39 is 5.69 Å². The van der Waals surface area contributed by atoms with Crippen LogP contribution in [-0.2, 0) is 0 Å². The van der Waals surface area contributed by atoms with Gasteiger partial charge in [0.2, 0.25) is 0 Å². The van der Waals surface area contributed by atoms with E-state index in [1.54, 1.807) is 0 Å². The van der Waals surface area contributed by atoms with Crippen LogP contribution in [0, 0.1) is 0 Å². The standard InChI is InChI=1S/C5H9N5O/c1-9(7)10-3-2-4(6)8-5(10)11/h2-3H,7H2,1H3,(H2,6,8,11). The van der Waals surface area contributed by atoms with Gasteiger partial charge in [0.1, 0.15) is 5.82 Å². The SMILES string of the molecule is CN(N)n1ccc(N)nc1=O. The highest BCUT2D eigenvalue weighted by molar-refractivity contribution is 5.23. The molecule has 60 valence electrons. The molecule has 1 rings (SSSR count). The highest BCUT2D eigenvalue weighted by Crippen LogP contribution is 1.87. The van der Waals surface area contributed by atoms with Crippen LogP contribution in [0.2, 0.25) is 0 Å². The van der Waals surface area contributed by atoms with Gasteiger partial charge in [-0.1, -0.05) is 0 Å². The fourth-order valence-electron chi connectivity index (χ4n) is 0.650. The van der Waals surface area contributed by atoms with Gasteiger partial charge in [-0.3, -0.25) is 0 Å². The Morgan fingerprint density at radius 2 is 2.36 bits per heavy atom. The summed E-state index contributed by atoms with van der Waals surface area (Å²) in [6.07, 6.45) is 1.45. The van der Waals surface area contributed by atoms with Crippen molar-refractivity contribution in [1.82, 2.24) is 9.66 Å². The Hall–Kier alpha value is -1.56. The molecule has 0 aliphatic carbocycles. The highest BCUT2D eigenvalue weighted by Gasteiger charge is 1.97. The molecule has 0 aliphatic rings. The van der Waals surface area contributed by atoms with Gasteiger partial charge in [-0.05, 0) is 6.07 Å². The predicted octanol–water partition coefficient (Wildman–Crippen LogP) is -1.73. The summed E-state index contributed by atoms with van der Waals surface area (Å²) in [6.45, 7) is 0. The third-order valence-electron chi connectivity index (χ3n) is 1.15. The summed E-state index contributed by atoms with van der Waals surface area (Å²) in [4.78, 5) is 14.4. The van der Waals surface area contributed by atoms with Gasteiger partial charge >= 0.3 is 5.69 Å². The molecule has 1 aromatic rings. The van der Waals surface area contributed by atoms with Gasteiger partial charge in [0.15, 0.2) is 0 Å². The number of rotatable bonds is 1. The van der Waals surface area contributed by atoms with Crippen molar-refractivity contribution in [3.05, 3.63) is 22.7 Å². The molecule has 0 fully saturated rings. The van der Waals surface area contributed by atoms with Gasteiger partial charge in [0, 0.05) is 13.2 Å². The number of hydrogen-bond acceptors (Lipinski definition) is 5. The summed E-state index contributed by atoms with van der Waals surface area (Å²) in [7, 11) is 1.53. The molecule has 4 N–H and O–H groups in total. The van der Waals surface area contributed by atoms with Gasteiger partial charge in [0.05, 0.1) is 0 Å². The zero-order valence-electron chi connectivity index (χ0n) is 6.06. The number of nitrogens with zero attached hydrogens (tertiary/aromatic N) is 3. The lowest BCUT2D eigenvalue weighted by molar-refractivity contribution is 0.635. The van der Waals surface area contributed by atoms with E-state index in [0.717, 1.165) is 9.79 Å². The van der Waals surface area contributed by atoms with Crippen LogP contribution in [0.1, 0.15) is 0 Å². The van der Waals surface area contributed by atoms with Crippen LogP contribution in [0.3, 0.4) is 0 Å². The van der Waals surface area contributed by atoms with Crippen LogP contribution in [0.15, 0.2) is 17.1 Å². The van der Waals surface area contributed by atoms with E-state index in [9.17, 15) is 4.79 Å². The van der Waals surface area contributed by atoms with Crippen molar-refractivity contribution >= 4 is 5.82 Å². The topological polar surface area (TPSA) is 90.2 Å². The fraction of sp³-hybridized carbons (Fsp3) is 0.200. The summed E-state index contributed by atoms with van der Waals surface area (Å²) >= 11 is 0. The van der Waals surface area contributed by atoms with E-state index in [1.807, 2.05) is 0 Å². The second-order valence-electron chi connectivity index (χ2n) is 2.05. The average Bonchev–Trinajstić information content (AvgIpc) is 1.85. The number of hydrazine groups is 1. The van der Waals surface area contributed by atoms with E-state index in [2.05, 4.69) is 4.98 Å². The lowest BCUT2D eigenvalue weighted by atomic mass is 10.6. The van der Waals surface area contributed by atoms with Gasteiger partial charge in [-0.15, -0.1) is 0 Å². The zero-order valence-corrected chi connectivity index (χ0v) is 6.06. The minimum atomic E-state index is -0.491. The average molecular weight is 155 g/mol. The van der Waals surface area contributed by atoms with Crippen LogP contribution in [-0.4, -0.2) is 16.7 Å². The number of nitrogen functional groups attached to an aromatic ring is 1. The Labute approximate surface area is 63.0 Å². The van der Waals surface area contributed by atoms with Crippen molar-refractivity contribution in [3.8, 4) is 0 Å². The second-order valence-corrected chi connectivity index (χ2v) is 2.05. The largest absolute Gasteiger partial charge is 0.383 e. The fourth-order valence-corrected chi connectivity index (χ4v) is 0.650. The summed E-state index contributed by atoms with van der Waals surface area (Å²) in [5, 5.41) is 1.12. The molecule has 0 spiro atoms. The molecule has 0 saturated heterocycles. The molecule has 0 saturated carbocycles. The number of aromatic nitrogens is 2. The van der Waals surface area contributed by atoms with Crippen molar-refractivity contribution in [1.29, 1.82) is 0 Å².